The minimum atomic E-state index is 0.671. The first-order chi connectivity index (χ1) is 7.33. The lowest BCUT2D eigenvalue weighted by Crippen LogP contribution is -2.15. The van der Waals surface area contributed by atoms with E-state index < -0.39 is 0 Å². The maximum atomic E-state index is 4.71. The van der Waals surface area contributed by atoms with Crippen molar-refractivity contribution < 1.29 is 0 Å². The molecule has 1 aromatic heterocycles. The van der Waals surface area contributed by atoms with E-state index in [0.717, 1.165) is 12.6 Å². The van der Waals surface area contributed by atoms with Gasteiger partial charge in [-0.25, -0.2) is 4.98 Å². The topological polar surface area (TPSA) is 24.9 Å². The molecule has 2 rings (SSSR count). The Hall–Kier alpha value is -0.410. The number of thiazole rings is 1. The van der Waals surface area contributed by atoms with Crippen LogP contribution < -0.4 is 5.32 Å². The molecule has 15 heavy (non-hydrogen) atoms. The Bertz CT molecular complexity index is 300. The third-order valence-corrected chi connectivity index (χ3v) is 4.11. The summed E-state index contributed by atoms with van der Waals surface area (Å²) < 4.78 is 0. The zero-order chi connectivity index (χ0) is 10.7. The Morgan fingerprint density at radius 3 is 2.80 bits per heavy atom. The summed E-state index contributed by atoms with van der Waals surface area (Å²) in [6, 6.07) is 0.781. The van der Waals surface area contributed by atoms with Crippen molar-refractivity contribution in [1.29, 1.82) is 0 Å². The summed E-state index contributed by atoms with van der Waals surface area (Å²) in [5.41, 5.74) is 1.23. The zero-order valence-corrected chi connectivity index (χ0v) is 10.4. The molecule has 0 aromatic carbocycles. The van der Waals surface area contributed by atoms with E-state index in [0.29, 0.717) is 5.92 Å². The van der Waals surface area contributed by atoms with Crippen LogP contribution in [0.5, 0.6) is 0 Å². The lowest BCUT2D eigenvalue weighted by molar-refractivity contribution is 0.627. The number of rotatable bonds is 6. The highest BCUT2D eigenvalue weighted by molar-refractivity contribution is 7.09. The smallest absolute Gasteiger partial charge is 0.0959 e. The van der Waals surface area contributed by atoms with Crippen molar-refractivity contribution in [2.75, 3.05) is 0 Å². The van der Waals surface area contributed by atoms with Crippen LogP contribution in [0.2, 0.25) is 0 Å². The first kappa shape index (κ1) is 11.1. The van der Waals surface area contributed by atoms with Gasteiger partial charge in [0, 0.05) is 23.9 Å². The molecular weight excluding hydrogens is 204 g/mol. The van der Waals surface area contributed by atoms with Crippen LogP contribution in [0.25, 0.3) is 0 Å². The van der Waals surface area contributed by atoms with E-state index in [4.69, 9.17) is 4.98 Å². The molecule has 84 valence electrons. The van der Waals surface area contributed by atoms with Gasteiger partial charge in [0.2, 0.25) is 0 Å². The van der Waals surface area contributed by atoms with Crippen molar-refractivity contribution in [2.45, 2.75) is 58.0 Å². The standard InChI is InChI=1S/C12H20N2S/c1-3-9(4-2)12-14-11(8-15-12)7-13-10-5-6-10/h8-10,13H,3-7H2,1-2H3. The van der Waals surface area contributed by atoms with Crippen molar-refractivity contribution in [3.05, 3.63) is 16.1 Å². The Morgan fingerprint density at radius 2 is 2.20 bits per heavy atom. The van der Waals surface area contributed by atoms with Gasteiger partial charge in [-0.3, -0.25) is 0 Å². The molecule has 0 bridgehead atoms. The Kier molecular flexibility index (Phi) is 3.76. The minimum Gasteiger partial charge on any atom is -0.308 e. The molecular formula is C12H20N2S. The van der Waals surface area contributed by atoms with Gasteiger partial charge < -0.3 is 5.32 Å². The summed E-state index contributed by atoms with van der Waals surface area (Å²) >= 11 is 1.83. The Balaban J connectivity index is 1.89. The summed E-state index contributed by atoms with van der Waals surface area (Å²) in [6.07, 6.45) is 5.12. The summed E-state index contributed by atoms with van der Waals surface area (Å²) in [7, 11) is 0. The highest BCUT2D eigenvalue weighted by Crippen LogP contribution is 2.26. The molecule has 1 heterocycles. The van der Waals surface area contributed by atoms with Gasteiger partial charge in [-0.2, -0.15) is 0 Å². The van der Waals surface area contributed by atoms with Crippen molar-refractivity contribution >= 4 is 11.3 Å². The minimum absolute atomic E-state index is 0.671. The van der Waals surface area contributed by atoms with Gasteiger partial charge in [0.15, 0.2) is 0 Å². The molecule has 0 unspecified atom stereocenters. The van der Waals surface area contributed by atoms with Gasteiger partial charge in [0.1, 0.15) is 0 Å². The average Bonchev–Trinajstić information content (AvgIpc) is 2.97. The van der Waals surface area contributed by atoms with Gasteiger partial charge in [-0.05, 0) is 25.7 Å². The van der Waals surface area contributed by atoms with E-state index in [1.54, 1.807) is 0 Å². The van der Waals surface area contributed by atoms with Crippen LogP contribution in [0.3, 0.4) is 0 Å². The number of hydrogen-bond donors (Lipinski definition) is 1. The van der Waals surface area contributed by atoms with E-state index in [1.165, 1.54) is 36.4 Å². The molecule has 3 heteroatoms. The molecule has 1 aliphatic carbocycles. The maximum Gasteiger partial charge on any atom is 0.0959 e. The second-order valence-corrected chi connectivity index (χ2v) is 5.24. The van der Waals surface area contributed by atoms with Crippen molar-refractivity contribution in [3.8, 4) is 0 Å². The fourth-order valence-electron chi connectivity index (χ4n) is 1.77. The highest BCUT2D eigenvalue weighted by atomic mass is 32.1. The predicted octanol–water partition coefficient (Wildman–Crippen LogP) is 3.30. The zero-order valence-electron chi connectivity index (χ0n) is 9.62. The Morgan fingerprint density at radius 1 is 1.47 bits per heavy atom. The third kappa shape index (κ3) is 3.02. The predicted molar refractivity (Wildman–Crippen MR) is 65.3 cm³/mol. The van der Waals surface area contributed by atoms with Crippen molar-refractivity contribution in [1.82, 2.24) is 10.3 Å². The number of hydrogen-bond acceptors (Lipinski definition) is 3. The molecule has 0 saturated heterocycles. The monoisotopic (exact) mass is 224 g/mol. The molecule has 1 saturated carbocycles. The maximum absolute atomic E-state index is 4.71. The van der Waals surface area contributed by atoms with E-state index in [2.05, 4.69) is 24.5 Å². The molecule has 0 amide bonds. The normalized spacial score (nSPS) is 16.2. The van der Waals surface area contributed by atoms with E-state index in [1.807, 2.05) is 11.3 Å². The number of nitrogens with zero attached hydrogens (tertiary/aromatic N) is 1. The lowest BCUT2D eigenvalue weighted by Gasteiger charge is -2.07. The first-order valence-electron chi connectivity index (χ1n) is 6.01. The summed E-state index contributed by atoms with van der Waals surface area (Å²) in [4.78, 5) is 4.71. The molecule has 1 aromatic rings. The second kappa shape index (κ2) is 5.08. The van der Waals surface area contributed by atoms with Crippen LogP contribution in [0.4, 0.5) is 0 Å². The Labute approximate surface area is 96.1 Å². The molecule has 1 N–H and O–H groups in total. The van der Waals surface area contributed by atoms with E-state index in [9.17, 15) is 0 Å². The molecule has 0 spiro atoms. The van der Waals surface area contributed by atoms with Gasteiger partial charge in [0.25, 0.3) is 0 Å². The number of aromatic nitrogens is 1. The molecule has 0 radical (unpaired) electrons. The lowest BCUT2D eigenvalue weighted by atomic mass is 10.1. The fraction of sp³-hybridized carbons (Fsp3) is 0.750. The molecule has 1 fully saturated rings. The van der Waals surface area contributed by atoms with Gasteiger partial charge >= 0.3 is 0 Å². The summed E-state index contributed by atoms with van der Waals surface area (Å²) in [5.74, 6) is 0.671. The molecule has 1 aliphatic rings. The second-order valence-electron chi connectivity index (χ2n) is 4.35. The molecule has 2 nitrogen and oxygen atoms in total. The SMILES string of the molecule is CCC(CC)c1nc(CNC2CC2)cs1. The average molecular weight is 224 g/mol. The van der Waals surface area contributed by atoms with Crippen molar-refractivity contribution in [3.63, 3.8) is 0 Å². The molecule has 0 aliphatic heterocycles. The summed E-state index contributed by atoms with van der Waals surface area (Å²) in [5, 5.41) is 7.04. The van der Waals surface area contributed by atoms with Crippen LogP contribution in [-0.2, 0) is 6.54 Å². The fourth-order valence-corrected chi connectivity index (χ4v) is 2.85. The number of nitrogens with one attached hydrogen (secondary N) is 1. The van der Waals surface area contributed by atoms with E-state index >= 15 is 0 Å². The third-order valence-electron chi connectivity index (χ3n) is 3.05. The van der Waals surface area contributed by atoms with Crippen LogP contribution in [0.15, 0.2) is 5.38 Å². The van der Waals surface area contributed by atoms with Gasteiger partial charge in [0.05, 0.1) is 10.7 Å². The van der Waals surface area contributed by atoms with E-state index in [-0.39, 0.29) is 0 Å². The van der Waals surface area contributed by atoms with Crippen LogP contribution in [-0.4, -0.2) is 11.0 Å². The molecule has 0 atom stereocenters. The quantitative estimate of drug-likeness (QED) is 0.802. The van der Waals surface area contributed by atoms with Crippen LogP contribution in [0.1, 0.15) is 56.2 Å². The highest BCUT2D eigenvalue weighted by Gasteiger charge is 2.20. The largest absolute Gasteiger partial charge is 0.308 e. The first-order valence-corrected chi connectivity index (χ1v) is 6.89. The van der Waals surface area contributed by atoms with Crippen LogP contribution in [0, 0.1) is 0 Å². The van der Waals surface area contributed by atoms with Crippen LogP contribution >= 0.6 is 11.3 Å². The van der Waals surface area contributed by atoms with Crippen molar-refractivity contribution in [2.24, 2.45) is 0 Å². The summed E-state index contributed by atoms with van der Waals surface area (Å²) in [6.45, 7) is 5.46. The van der Waals surface area contributed by atoms with Gasteiger partial charge in [-0.1, -0.05) is 13.8 Å². The van der Waals surface area contributed by atoms with Gasteiger partial charge in [-0.15, -0.1) is 11.3 Å².